The summed E-state index contributed by atoms with van der Waals surface area (Å²) >= 11 is 7.92. The molecule has 0 bridgehead atoms. The van der Waals surface area contributed by atoms with Crippen LogP contribution in [0.15, 0.2) is 12.4 Å². The molecule has 0 aliphatic carbocycles. The Morgan fingerprint density at radius 1 is 1.60 bits per heavy atom. The molecule has 0 atom stereocenters. The summed E-state index contributed by atoms with van der Waals surface area (Å²) in [6, 6.07) is 0. The van der Waals surface area contributed by atoms with Gasteiger partial charge in [0.25, 0.3) is 0 Å². The molecule has 10 heavy (non-hydrogen) atoms. The average molecular weight is 269 g/mol. The molecule has 0 saturated carbocycles. The summed E-state index contributed by atoms with van der Waals surface area (Å²) in [4.78, 5) is 3.90. The van der Waals surface area contributed by atoms with Gasteiger partial charge >= 0.3 is 0 Å². The minimum atomic E-state index is 0.619. The lowest BCUT2D eigenvalue weighted by Crippen LogP contribution is -1.87. The summed E-state index contributed by atoms with van der Waals surface area (Å²) in [5.41, 5.74) is 0. The number of pyridine rings is 1. The van der Waals surface area contributed by atoms with Crippen molar-refractivity contribution in [2.24, 2.45) is 0 Å². The Hall–Kier alpha value is -0.0300. The summed E-state index contributed by atoms with van der Waals surface area (Å²) < 4.78 is 5.83. The summed E-state index contributed by atoms with van der Waals surface area (Å²) in [6.45, 7) is 0. The molecule has 0 amide bonds. The molecule has 1 aromatic rings. The minimum Gasteiger partial charge on any atom is -0.494 e. The van der Waals surface area contributed by atoms with E-state index in [0.717, 1.165) is 3.57 Å². The number of halogens is 2. The van der Waals surface area contributed by atoms with Crippen LogP contribution in [0.2, 0.25) is 5.02 Å². The number of nitrogens with zero attached hydrogens (tertiary/aromatic N) is 1. The first-order valence-electron chi connectivity index (χ1n) is 2.58. The van der Waals surface area contributed by atoms with Crippen LogP contribution in [0.4, 0.5) is 0 Å². The van der Waals surface area contributed by atoms with E-state index < -0.39 is 0 Å². The van der Waals surface area contributed by atoms with Gasteiger partial charge in [-0.05, 0) is 22.6 Å². The predicted octanol–water partition coefficient (Wildman–Crippen LogP) is 2.35. The molecule has 54 valence electrons. The Bertz CT molecular complexity index is 241. The predicted molar refractivity (Wildman–Crippen MR) is 48.5 cm³/mol. The van der Waals surface area contributed by atoms with Gasteiger partial charge in [-0.2, -0.15) is 0 Å². The molecule has 0 saturated heterocycles. The van der Waals surface area contributed by atoms with Gasteiger partial charge in [0.05, 0.1) is 21.9 Å². The molecule has 0 aliphatic rings. The molecule has 1 aromatic heterocycles. The van der Waals surface area contributed by atoms with Crippen molar-refractivity contribution in [1.82, 2.24) is 4.98 Å². The first-order valence-corrected chi connectivity index (χ1v) is 4.04. The van der Waals surface area contributed by atoms with E-state index in [4.69, 9.17) is 16.3 Å². The van der Waals surface area contributed by atoms with Crippen LogP contribution in [0.1, 0.15) is 0 Å². The first kappa shape index (κ1) is 8.07. The van der Waals surface area contributed by atoms with E-state index in [2.05, 4.69) is 27.6 Å². The van der Waals surface area contributed by atoms with Crippen molar-refractivity contribution in [3.63, 3.8) is 0 Å². The fourth-order valence-corrected chi connectivity index (χ4v) is 1.15. The van der Waals surface area contributed by atoms with Gasteiger partial charge in [0.15, 0.2) is 5.75 Å². The van der Waals surface area contributed by atoms with Gasteiger partial charge in [0.1, 0.15) is 0 Å². The zero-order valence-corrected chi connectivity index (χ0v) is 8.18. The van der Waals surface area contributed by atoms with Crippen molar-refractivity contribution in [1.29, 1.82) is 0 Å². The Morgan fingerprint density at radius 3 is 2.80 bits per heavy atom. The van der Waals surface area contributed by atoms with E-state index >= 15 is 0 Å². The highest BCUT2D eigenvalue weighted by Gasteiger charge is 2.02. The van der Waals surface area contributed by atoms with Crippen molar-refractivity contribution < 1.29 is 4.74 Å². The van der Waals surface area contributed by atoms with Crippen molar-refractivity contribution in [2.75, 3.05) is 7.11 Å². The number of ether oxygens (including phenoxy) is 1. The van der Waals surface area contributed by atoms with E-state index in [1.807, 2.05) is 0 Å². The van der Waals surface area contributed by atoms with Gasteiger partial charge in [-0.15, -0.1) is 0 Å². The van der Waals surface area contributed by atoms with Crippen molar-refractivity contribution in [2.45, 2.75) is 0 Å². The zero-order chi connectivity index (χ0) is 7.56. The molecule has 2 nitrogen and oxygen atoms in total. The average Bonchev–Trinajstić information content (AvgIpc) is 1.95. The van der Waals surface area contributed by atoms with Crippen molar-refractivity contribution >= 4 is 34.2 Å². The molecular weight excluding hydrogens is 264 g/mol. The molecule has 0 aromatic carbocycles. The summed E-state index contributed by atoms with van der Waals surface area (Å²) in [5, 5.41) is 0.623. The Labute approximate surface area is 77.7 Å². The largest absolute Gasteiger partial charge is 0.494 e. The van der Waals surface area contributed by atoms with Crippen LogP contribution in [-0.4, -0.2) is 12.1 Å². The zero-order valence-electron chi connectivity index (χ0n) is 5.27. The maximum Gasteiger partial charge on any atom is 0.156 e. The third-order valence-corrected chi connectivity index (χ3v) is 2.55. The molecule has 0 fully saturated rings. The lowest BCUT2D eigenvalue weighted by atomic mass is 10.5. The SMILES string of the molecule is COc1cncc(I)c1Cl. The highest BCUT2D eigenvalue weighted by atomic mass is 127. The topological polar surface area (TPSA) is 22.1 Å². The Morgan fingerprint density at radius 2 is 2.30 bits per heavy atom. The second-order valence-electron chi connectivity index (χ2n) is 1.64. The molecule has 0 aliphatic heterocycles. The van der Waals surface area contributed by atoms with Crippen LogP contribution in [0.25, 0.3) is 0 Å². The van der Waals surface area contributed by atoms with Crippen molar-refractivity contribution in [3.05, 3.63) is 21.0 Å². The van der Waals surface area contributed by atoms with Gasteiger partial charge in [-0.3, -0.25) is 4.98 Å². The quantitative estimate of drug-likeness (QED) is 0.730. The van der Waals surface area contributed by atoms with Crippen LogP contribution in [0, 0.1) is 3.57 Å². The van der Waals surface area contributed by atoms with Gasteiger partial charge in [-0.25, -0.2) is 0 Å². The van der Waals surface area contributed by atoms with Crippen LogP contribution in [0.5, 0.6) is 5.75 Å². The highest BCUT2D eigenvalue weighted by molar-refractivity contribution is 14.1. The minimum absolute atomic E-state index is 0.619. The second-order valence-corrected chi connectivity index (χ2v) is 3.18. The first-order chi connectivity index (χ1) is 4.75. The molecule has 0 N–H and O–H groups in total. The smallest absolute Gasteiger partial charge is 0.156 e. The van der Waals surface area contributed by atoms with E-state index in [0.29, 0.717) is 10.8 Å². The molecule has 4 heteroatoms. The Balaban J connectivity index is 3.14. The molecule has 1 rings (SSSR count). The fraction of sp³-hybridized carbons (Fsp3) is 0.167. The number of hydrogen-bond acceptors (Lipinski definition) is 2. The Kier molecular flexibility index (Phi) is 2.73. The highest BCUT2D eigenvalue weighted by Crippen LogP contribution is 2.26. The third-order valence-electron chi connectivity index (χ3n) is 1.03. The number of methoxy groups -OCH3 is 1. The molecule has 0 radical (unpaired) electrons. The molecular formula is C6H5ClINO. The van der Waals surface area contributed by atoms with E-state index in [1.54, 1.807) is 19.5 Å². The van der Waals surface area contributed by atoms with Gasteiger partial charge in [-0.1, -0.05) is 11.6 Å². The summed E-state index contributed by atoms with van der Waals surface area (Å²) in [6.07, 6.45) is 3.27. The van der Waals surface area contributed by atoms with Crippen LogP contribution in [-0.2, 0) is 0 Å². The molecule has 1 heterocycles. The van der Waals surface area contributed by atoms with E-state index in [1.165, 1.54) is 0 Å². The number of rotatable bonds is 1. The maximum atomic E-state index is 5.82. The summed E-state index contributed by atoms with van der Waals surface area (Å²) in [5.74, 6) is 0.619. The maximum absolute atomic E-state index is 5.82. The van der Waals surface area contributed by atoms with Crippen molar-refractivity contribution in [3.8, 4) is 5.75 Å². The number of aromatic nitrogens is 1. The van der Waals surface area contributed by atoms with E-state index in [9.17, 15) is 0 Å². The normalized spacial score (nSPS) is 9.50. The fourth-order valence-electron chi connectivity index (χ4n) is 0.544. The number of hydrogen-bond donors (Lipinski definition) is 0. The lowest BCUT2D eigenvalue weighted by Gasteiger charge is -2.01. The van der Waals surface area contributed by atoms with Gasteiger partial charge < -0.3 is 4.74 Å². The second kappa shape index (κ2) is 3.39. The third kappa shape index (κ3) is 1.52. The summed E-state index contributed by atoms with van der Waals surface area (Å²) in [7, 11) is 1.57. The lowest BCUT2D eigenvalue weighted by molar-refractivity contribution is 0.413. The molecule has 0 unspecified atom stereocenters. The molecule has 0 spiro atoms. The van der Waals surface area contributed by atoms with Gasteiger partial charge in [0, 0.05) is 6.20 Å². The van der Waals surface area contributed by atoms with Crippen LogP contribution < -0.4 is 4.74 Å². The van der Waals surface area contributed by atoms with Crippen LogP contribution in [0.3, 0.4) is 0 Å². The van der Waals surface area contributed by atoms with Gasteiger partial charge in [0.2, 0.25) is 0 Å². The monoisotopic (exact) mass is 269 g/mol. The van der Waals surface area contributed by atoms with Crippen LogP contribution >= 0.6 is 34.2 Å². The van der Waals surface area contributed by atoms with E-state index in [-0.39, 0.29) is 0 Å². The standard InChI is InChI=1S/C6H5ClINO/c1-10-5-3-9-2-4(8)6(5)7/h2-3H,1H3.